The second-order valence-electron chi connectivity index (χ2n) is 6.65. The molecule has 1 aliphatic carbocycles. The van der Waals surface area contributed by atoms with Crippen LogP contribution < -0.4 is 0 Å². The lowest BCUT2D eigenvalue weighted by atomic mass is 10.1. The van der Waals surface area contributed by atoms with Crippen molar-refractivity contribution in [2.45, 2.75) is 32.1 Å². The number of benzene rings is 2. The largest absolute Gasteiger partial charge is 0.478 e. The van der Waals surface area contributed by atoms with Crippen LogP contribution in [0.5, 0.6) is 0 Å². The molecule has 1 heterocycles. The summed E-state index contributed by atoms with van der Waals surface area (Å²) in [5.74, 6) is -0.232. The Morgan fingerprint density at radius 3 is 2.60 bits per heavy atom. The molecule has 1 N–H and O–H groups in total. The van der Waals surface area contributed by atoms with E-state index >= 15 is 0 Å². The zero-order chi connectivity index (χ0) is 17.4. The van der Waals surface area contributed by atoms with Crippen LogP contribution in [-0.4, -0.2) is 16.1 Å². The monoisotopic (exact) mass is 349 g/mol. The average molecular weight is 349 g/mol. The highest BCUT2D eigenvalue weighted by atomic mass is 32.1. The molecule has 1 saturated carbocycles. The number of nitrogens with zero attached hydrogens (tertiary/aromatic N) is 1. The zero-order valence-electron chi connectivity index (χ0n) is 14.0. The van der Waals surface area contributed by atoms with Gasteiger partial charge in [-0.05, 0) is 49.4 Å². The van der Waals surface area contributed by atoms with Crippen LogP contribution in [0.15, 0.2) is 48.5 Å². The molecule has 0 saturated heterocycles. The fourth-order valence-electron chi connectivity index (χ4n) is 3.01. The van der Waals surface area contributed by atoms with Crippen molar-refractivity contribution in [2.24, 2.45) is 0 Å². The van der Waals surface area contributed by atoms with Gasteiger partial charge in [0.2, 0.25) is 0 Å². The molecular formula is C21H19NO2S. The Morgan fingerprint density at radius 2 is 1.96 bits per heavy atom. The molecule has 0 unspecified atom stereocenters. The molecule has 0 bridgehead atoms. The van der Waals surface area contributed by atoms with Crippen molar-refractivity contribution in [3.05, 3.63) is 75.8 Å². The summed E-state index contributed by atoms with van der Waals surface area (Å²) >= 11 is 1.81. The normalized spacial score (nSPS) is 13.8. The van der Waals surface area contributed by atoms with E-state index < -0.39 is 5.97 Å². The fraction of sp³-hybridized carbons (Fsp3) is 0.238. The first-order chi connectivity index (χ1) is 12.1. The van der Waals surface area contributed by atoms with Gasteiger partial charge in [0.25, 0.3) is 0 Å². The third kappa shape index (κ3) is 3.49. The van der Waals surface area contributed by atoms with Crippen LogP contribution in [0.3, 0.4) is 0 Å². The predicted octanol–water partition coefficient (Wildman–Crippen LogP) is 5.28. The van der Waals surface area contributed by atoms with E-state index in [4.69, 9.17) is 10.1 Å². The molecule has 3 nitrogen and oxygen atoms in total. The van der Waals surface area contributed by atoms with Gasteiger partial charge in [-0.15, -0.1) is 11.3 Å². The van der Waals surface area contributed by atoms with E-state index in [0.717, 1.165) is 22.7 Å². The minimum atomic E-state index is -0.888. The molecule has 4 rings (SSSR count). The lowest BCUT2D eigenvalue weighted by Crippen LogP contribution is -1.97. The SMILES string of the molecule is Cc1cccc(-c2nc(Cc3ccc(C(=O)O)cc3)c(C3CC3)s2)c1. The third-order valence-electron chi connectivity index (χ3n) is 4.51. The van der Waals surface area contributed by atoms with Crippen molar-refractivity contribution in [3.63, 3.8) is 0 Å². The number of carboxylic acid groups (broad SMARTS) is 1. The Balaban J connectivity index is 1.65. The summed E-state index contributed by atoms with van der Waals surface area (Å²) in [5.41, 5.74) is 5.00. The van der Waals surface area contributed by atoms with Crippen LogP contribution in [-0.2, 0) is 6.42 Å². The highest BCUT2D eigenvalue weighted by Gasteiger charge is 2.29. The lowest BCUT2D eigenvalue weighted by molar-refractivity contribution is 0.0697. The first-order valence-electron chi connectivity index (χ1n) is 8.49. The number of aryl methyl sites for hydroxylation is 1. The van der Waals surface area contributed by atoms with Gasteiger partial charge in [0.05, 0.1) is 11.3 Å². The lowest BCUT2D eigenvalue weighted by Gasteiger charge is -2.02. The highest BCUT2D eigenvalue weighted by Crippen LogP contribution is 2.46. The number of thiazole rings is 1. The van der Waals surface area contributed by atoms with Crippen molar-refractivity contribution < 1.29 is 9.90 Å². The Labute approximate surface area is 151 Å². The molecule has 126 valence electrons. The van der Waals surface area contributed by atoms with Crippen molar-refractivity contribution in [2.75, 3.05) is 0 Å². The van der Waals surface area contributed by atoms with Crippen LogP contribution in [0.2, 0.25) is 0 Å². The molecule has 0 spiro atoms. The summed E-state index contributed by atoms with van der Waals surface area (Å²) in [4.78, 5) is 17.3. The van der Waals surface area contributed by atoms with Gasteiger partial charge in [0.1, 0.15) is 5.01 Å². The Kier molecular flexibility index (Phi) is 4.14. The number of rotatable bonds is 5. The number of hydrogen-bond acceptors (Lipinski definition) is 3. The third-order valence-corrected chi connectivity index (χ3v) is 5.82. The summed E-state index contributed by atoms with van der Waals surface area (Å²) in [7, 11) is 0. The van der Waals surface area contributed by atoms with Gasteiger partial charge in [-0.3, -0.25) is 0 Å². The van der Waals surface area contributed by atoms with E-state index in [1.165, 1.54) is 28.8 Å². The molecule has 0 radical (unpaired) electrons. The minimum absolute atomic E-state index is 0.324. The Morgan fingerprint density at radius 1 is 1.20 bits per heavy atom. The second kappa shape index (κ2) is 6.45. The van der Waals surface area contributed by atoms with Gasteiger partial charge in [-0.1, -0.05) is 35.9 Å². The minimum Gasteiger partial charge on any atom is -0.478 e. The van der Waals surface area contributed by atoms with Gasteiger partial charge < -0.3 is 5.11 Å². The first-order valence-corrected chi connectivity index (χ1v) is 9.30. The molecule has 1 aromatic heterocycles. The quantitative estimate of drug-likeness (QED) is 0.681. The van der Waals surface area contributed by atoms with Gasteiger partial charge in [0, 0.05) is 16.9 Å². The molecule has 1 aliphatic rings. The zero-order valence-corrected chi connectivity index (χ0v) is 14.8. The van der Waals surface area contributed by atoms with Crippen LogP contribution in [0.25, 0.3) is 10.6 Å². The maximum Gasteiger partial charge on any atom is 0.335 e. The molecular weight excluding hydrogens is 330 g/mol. The van der Waals surface area contributed by atoms with Crippen molar-refractivity contribution in [1.29, 1.82) is 0 Å². The molecule has 3 aromatic rings. The molecule has 1 fully saturated rings. The molecule has 0 atom stereocenters. The van der Waals surface area contributed by atoms with Crippen molar-refractivity contribution in [1.82, 2.24) is 4.98 Å². The summed E-state index contributed by atoms with van der Waals surface area (Å²) in [6, 6.07) is 15.6. The first kappa shape index (κ1) is 16.0. The number of aromatic carboxylic acids is 1. The van der Waals surface area contributed by atoms with Crippen LogP contribution >= 0.6 is 11.3 Å². The molecule has 0 amide bonds. The second-order valence-corrected chi connectivity index (χ2v) is 7.68. The maximum absolute atomic E-state index is 11.0. The molecule has 25 heavy (non-hydrogen) atoms. The number of hydrogen-bond donors (Lipinski definition) is 1. The van der Waals surface area contributed by atoms with E-state index in [1.54, 1.807) is 12.1 Å². The average Bonchev–Trinajstić information content (AvgIpc) is 3.36. The van der Waals surface area contributed by atoms with Crippen LogP contribution in [0.4, 0.5) is 0 Å². The van der Waals surface area contributed by atoms with E-state index in [2.05, 4.69) is 31.2 Å². The maximum atomic E-state index is 11.0. The van der Waals surface area contributed by atoms with Crippen molar-refractivity contribution >= 4 is 17.3 Å². The molecule has 0 aliphatic heterocycles. The topological polar surface area (TPSA) is 50.2 Å². The molecule has 2 aromatic carbocycles. The highest BCUT2D eigenvalue weighted by molar-refractivity contribution is 7.15. The smallest absolute Gasteiger partial charge is 0.335 e. The van der Waals surface area contributed by atoms with Gasteiger partial charge in [-0.25, -0.2) is 9.78 Å². The molecule has 4 heteroatoms. The van der Waals surface area contributed by atoms with E-state index in [9.17, 15) is 4.79 Å². The van der Waals surface area contributed by atoms with Gasteiger partial charge in [-0.2, -0.15) is 0 Å². The summed E-state index contributed by atoms with van der Waals surface area (Å²) < 4.78 is 0. The summed E-state index contributed by atoms with van der Waals surface area (Å²) in [5, 5.41) is 10.1. The van der Waals surface area contributed by atoms with E-state index in [1.807, 2.05) is 23.5 Å². The van der Waals surface area contributed by atoms with Crippen molar-refractivity contribution in [3.8, 4) is 10.6 Å². The fourth-order valence-corrected chi connectivity index (χ4v) is 4.26. The summed E-state index contributed by atoms with van der Waals surface area (Å²) in [6.07, 6.45) is 3.26. The van der Waals surface area contributed by atoms with Crippen LogP contribution in [0, 0.1) is 6.92 Å². The Bertz CT molecular complexity index is 923. The van der Waals surface area contributed by atoms with Gasteiger partial charge >= 0.3 is 5.97 Å². The number of carboxylic acids is 1. The predicted molar refractivity (Wildman–Crippen MR) is 100 cm³/mol. The standard InChI is InChI=1S/C21H19NO2S/c1-13-3-2-4-17(11-13)20-22-18(19(25-20)15-9-10-15)12-14-5-7-16(8-6-14)21(23)24/h2-8,11,15H,9-10,12H2,1H3,(H,23,24). The van der Waals surface area contributed by atoms with Crippen LogP contribution in [0.1, 0.15) is 50.8 Å². The Hall–Kier alpha value is -2.46. The van der Waals surface area contributed by atoms with E-state index in [-0.39, 0.29) is 0 Å². The summed E-state index contributed by atoms with van der Waals surface area (Å²) in [6.45, 7) is 2.10. The van der Waals surface area contributed by atoms with Gasteiger partial charge in [0.15, 0.2) is 0 Å². The van der Waals surface area contributed by atoms with E-state index in [0.29, 0.717) is 11.5 Å². The number of aromatic nitrogens is 1. The number of carbonyl (C=O) groups is 1.